The molecule has 0 aliphatic heterocycles. The molecule has 0 aliphatic carbocycles. The molecule has 1 N–H and O–H groups in total. The summed E-state index contributed by atoms with van der Waals surface area (Å²) in [7, 11) is 0. The van der Waals surface area contributed by atoms with Gasteiger partial charge in [-0.15, -0.1) is 0 Å². The van der Waals surface area contributed by atoms with Crippen LogP contribution in [0.5, 0.6) is 0 Å². The zero-order chi connectivity index (χ0) is 20.5. The summed E-state index contributed by atoms with van der Waals surface area (Å²) in [6.45, 7) is 4.44. The first-order valence-electron chi connectivity index (χ1n) is 9.46. The molecule has 0 bridgehead atoms. The van der Waals surface area contributed by atoms with Gasteiger partial charge in [0.2, 0.25) is 11.8 Å². The van der Waals surface area contributed by atoms with Crippen molar-refractivity contribution >= 4 is 11.8 Å². The largest absolute Gasteiger partial charge is 0.354 e. The predicted molar refractivity (Wildman–Crippen MR) is 104 cm³/mol. The summed E-state index contributed by atoms with van der Waals surface area (Å²) in [6.07, 6.45) is 1.87. The molecule has 0 radical (unpaired) electrons. The number of hydrogen-bond donors (Lipinski definition) is 1. The highest BCUT2D eigenvalue weighted by molar-refractivity contribution is 5.88. The summed E-state index contributed by atoms with van der Waals surface area (Å²) >= 11 is 0. The summed E-state index contributed by atoms with van der Waals surface area (Å²) in [6, 6.07) is 10.8. The summed E-state index contributed by atoms with van der Waals surface area (Å²) in [4.78, 5) is 26.9. The van der Waals surface area contributed by atoms with E-state index in [9.17, 15) is 18.4 Å². The maximum atomic E-state index is 13.2. The van der Waals surface area contributed by atoms with E-state index in [2.05, 4.69) is 5.32 Å². The average molecular weight is 388 g/mol. The molecular formula is C22H26F2N2O2. The SMILES string of the molecule is CCCCNC(=O)[C@@H](C)N(Cc1ccc(F)cc1)C(=O)Cc1ccc(F)cc1. The van der Waals surface area contributed by atoms with Crippen molar-refractivity contribution in [2.45, 2.75) is 45.7 Å². The number of hydrogen-bond acceptors (Lipinski definition) is 2. The fourth-order valence-corrected chi connectivity index (χ4v) is 2.78. The molecule has 0 saturated carbocycles. The lowest BCUT2D eigenvalue weighted by Gasteiger charge is -2.29. The van der Waals surface area contributed by atoms with E-state index in [0.717, 1.165) is 18.4 Å². The molecule has 150 valence electrons. The Balaban J connectivity index is 2.15. The monoisotopic (exact) mass is 388 g/mol. The quantitative estimate of drug-likeness (QED) is 0.664. The maximum absolute atomic E-state index is 13.2. The molecule has 0 unspecified atom stereocenters. The Morgan fingerprint density at radius 1 is 0.964 bits per heavy atom. The van der Waals surface area contributed by atoms with Crippen LogP contribution in [0.2, 0.25) is 0 Å². The van der Waals surface area contributed by atoms with Crippen molar-refractivity contribution in [1.82, 2.24) is 10.2 Å². The van der Waals surface area contributed by atoms with Gasteiger partial charge in [0.25, 0.3) is 0 Å². The van der Waals surface area contributed by atoms with Crippen molar-refractivity contribution in [3.05, 3.63) is 71.3 Å². The second-order valence-electron chi connectivity index (χ2n) is 6.77. The summed E-state index contributed by atoms with van der Waals surface area (Å²) < 4.78 is 26.3. The summed E-state index contributed by atoms with van der Waals surface area (Å²) in [5.74, 6) is -1.22. The first-order valence-corrected chi connectivity index (χ1v) is 9.46. The molecule has 28 heavy (non-hydrogen) atoms. The molecular weight excluding hydrogens is 362 g/mol. The maximum Gasteiger partial charge on any atom is 0.242 e. The Morgan fingerprint density at radius 3 is 2.04 bits per heavy atom. The van der Waals surface area contributed by atoms with Crippen molar-refractivity contribution in [2.75, 3.05) is 6.54 Å². The second kappa shape index (κ2) is 10.5. The third-order valence-corrected chi connectivity index (χ3v) is 4.53. The number of amides is 2. The first-order chi connectivity index (χ1) is 13.4. The van der Waals surface area contributed by atoms with Gasteiger partial charge < -0.3 is 10.2 Å². The normalized spacial score (nSPS) is 11.7. The highest BCUT2D eigenvalue weighted by Crippen LogP contribution is 2.13. The fourth-order valence-electron chi connectivity index (χ4n) is 2.78. The van der Waals surface area contributed by atoms with E-state index in [0.29, 0.717) is 12.1 Å². The van der Waals surface area contributed by atoms with Crippen LogP contribution in [0.4, 0.5) is 8.78 Å². The number of halogens is 2. The van der Waals surface area contributed by atoms with Crippen molar-refractivity contribution in [1.29, 1.82) is 0 Å². The van der Waals surface area contributed by atoms with Gasteiger partial charge in [-0.3, -0.25) is 9.59 Å². The molecule has 2 rings (SSSR count). The van der Waals surface area contributed by atoms with Crippen LogP contribution < -0.4 is 5.32 Å². The lowest BCUT2D eigenvalue weighted by molar-refractivity contribution is -0.140. The van der Waals surface area contributed by atoms with E-state index in [1.54, 1.807) is 31.2 Å². The van der Waals surface area contributed by atoms with E-state index in [4.69, 9.17) is 0 Å². The minimum absolute atomic E-state index is 0.0497. The molecule has 0 heterocycles. The molecule has 2 aromatic carbocycles. The number of nitrogens with zero attached hydrogens (tertiary/aromatic N) is 1. The molecule has 2 aromatic rings. The summed E-state index contributed by atoms with van der Waals surface area (Å²) in [5.41, 5.74) is 1.39. The molecule has 6 heteroatoms. The molecule has 4 nitrogen and oxygen atoms in total. The first kappa shape index (κ1) is 21.5. The second-order valence-corrected chi connectivity index (χ2v) is 6.77. The minimum atomic E-state index is -0.685. The van der Waals surface area contributed by atoms with Gasteiger partial charge in [0, 0.05) is 13.1 Å². The van der Waals surface area contributed by atoms with Crippen LogP contribution in [0.15, 0.2) is 48.5 Å². The molecule has 0 fully saturated rings. The Hall–Kier alpha value is -2.76. The topological polar surface area (TPSA) is 49.4 Å². The van der Waals surface area contributed by atoms with Crippen LogP contribution in [0.25, 0.3) is 0 Å². The van der Waals surface area contributed by atoms with E-state index < -0.39 is 6.04 Å². The third-order valence-electron chi connectivity index (χ3n) is 4.53. The van der Waals surface area contributed by atoms with Crippen LogP contribution in [0, 0.1) is 11.6 Å². The van der Waals surface area contributed by atoms with Crippen LogP contribution in [-0.4, -0.2) is 29.3 Å². The Bertz CT molecular complexity index is 776. The lowest BCUT2D eigenvalue weighted by Crippen LogP contribution is -2.48. The van der Waals surface area contributed by atoms with Crippen molar-refractivity contribution < 1.29 is 18.4 Å². The average Bonchev–Trinajstić information content (AvgIpc) is 2.68. The Labute approximate surface area is 164 Å². The molecule has 0 aliphatic rings. The van der Waals surface area contributed by atoms with Gasteiger partial charge in [0.05, 0.1) is 6.42 Å². The standard InChI is InChI=1S/C22H26F2N2O2/c1-3-4-13-25-22(28)16(2)26(15-18-7-11-20(24)12-8-18)21(27)14-17-5-9-19(23)10-6-17/h5-12,16H,3-4,13-15H2,1-2H3,(H,25,28)/t16-/m1/s1. The number of carbonyl (C=O) groups is 2. The number of unbranched alkanes of at least 4 members (excludes halogenated alkanes) is 1. The van der Waals surface area contributed by atoms with Gasteiger partial charge in [-0.1, -0.05) is 37.6 Å². The number of nitrogens with one attached hydrogen (secondary N) is 1. The predicted octanol–water partition coefficient (Wildman–Crippen LogP) is 3.84. The lowest BCUT2D eigenvalue weighted by atomic mass is 10.1. The summed E-state index contributed by atoms with van der Waals surface area (Å²) in [5, 5.41) is 2.84. The van der Waals surface area contributed by atoms with E-state index in [-0.39, 0.29) is 36.4 Å². The zero-order valence-corrected chi connectivity index (χ0v) is 16.3. The number of benzene rings is 2. The fraction of sp³-hybridized carbons (Fsp3) is 0.364. The van der Waals surface area contributed by atoms with Gasteiger partial charge in [0.1, 0.15) is 17.7 Å². The van der Waals surface area contributed by atoms with E-state index >= 15 is 0 Å². The molecule has 1 atom stereocenters. The molecule has 0 saturated heterocycles. The van der Waals surface area contributed by atoms with Crippen LogP contribution >= 0.6 is 0 Å². The highest BCUT2D eigenvalue weighted by atomic mass is 19.1. The number of carbonyl (C=O) groups excluding carboxylic acids is 2. The van der Waals surface area contributed by atoms with Gasteiger partial charge >= 0.3 is 0 Å². The van der Waals surface area contributed by atoms with Gasteiger partial charge in [-0.25, -0.2) is 8.78 Å². The van der Waals surface area contributed by atoms with E-state index in [1.165, 1.54) is 29.2 Å². The minimum Gasteiger partial charge on any atom is -0.354 e. The Kier molecular flexibility index (Phi) is 8.11. The van der Waals surface area contributed by atoms with Crippen molar-refractivity contribution in [3.63, 3.8) is 0 Å². The smallest absolute Gasteiger partial charge is 0.242 e. The van der Waals surface area contributed by atoms with Crippen LogP contribution in [0.3, 0.4) is 0 Å². The van der Waals surface area contributed by atoms with Crippen molar-refractivity contribution in [2.24, 2.45) is 0 Å². The van der Waals surface area contributed by atoms with Gasteiger partial charge in [0.15, 0.2) is 0 Å². The Morgan fingerprint density at radius 2 is 1.50 bits per heavy atom. The van der Waals surface area contributed by atoms with Crippen LogP contribution in [-0.2, 0) is 22.6 Å². The molecule has 0 spiro atoms. The molecule has 2 amide bonds. The van der Waals surface area contributed by atoms with Crippen molar-refractivity contribution in [3.8, 4) is 0 Å². The highest BCUT2D eigenvalue weighted by Gasteiger charge is 2.26. The van der Waals surface area contributed by atoms with Gasteiger partial charge in [-0.2, -0.15) is 0 Å². The zero-order valence-electron chi connectivity index (χ0n) is 16.3. The third kappa shape index (κ3) is 6.44. The number of rotatable bonds is 9. The van der Waals surface area contributed by atoms with E-state index in [1.807, 2.05) is 6.92 Å². The van der Waals surface area contributed by atoms with Gasteiger partial charge in [-0.05, 0) is 48.7 Å². The van der Waals surface area contributed by atoms with Crippen LogP contribution in [0.1, 0.15) is 37.8 Å². The molecule has 0 aromatic heterocycles.